The van der Waals surface area contributed by atoms with E-state index in [1.54, 1.807) is 25.3 Å². The molecule has 0 spiro atoms. The number of nitrogens with zero attached hydrogens (tertiary/aromatic N) is 6. The normalized spacial score (nSPS) is 16.8. The molecule has 1 saturated heterocycles. The van der Waals surface area contributed by atoms with Crippen LogP contribution in [0.3, 0.4) is 0 Å². The van der Waals surface area contributed by atoms with E-state index in [1.807, 2.05) is 0 Å². The van der Waals surface area contributed by atoms with Gasteiger partial charge in [-0.25, -0.2) is 9.67 Å². The van der Waals surface area contributed by atoms with E-state index in [9.17, 15) is 9.90 Å². The topological polar surface area (TPSA) is 159 Å². The number of nitrogens with two attached hydrogens (primary N) is 1. The number of amides is 1. The molecule has 1 amide bonds. The molecule has 4 aromatic heterocycles. The van der Waals surface area contributed by atoms with Crippen LogP contribution in [0.4, 0.5) is 5.95 Å². The van der Waals surface area contributed by atoms with E-state index in [-0.39, 0.29) is 31.6 Å². The second-order valence-electron chi connectivity index (χ2n) is 7.06. The number of nitrogen functional groups attached to an aromatic ring is 1. The van der Waals surface area contributed by atoms with Crippen molar-refractivity contribution in [1.29, 1.82) is 0 Å². The Morgan fingerprint density at radius 1 is 1.41 bits per heavy atom. The Morgan fingerprint density at radius 3 is 2.93 bits per heavy atom. The summed E-state index contributed by atoms with van der Waals surface area (Å²) in [6, 6.07) is 2.80. The first kappa shape index (κ1) is 17.6. The van der Waals surface area contributed by atoms with Gasteiger partial charge in [0.15, 0.2) is 17.1 Å². The zero-order valence-corrected chi connectivity index (χ0v) is 15.4. The van der Waals surface area contributed by atoms with Gasteiger partial charge >= 0.3 is 0 Å². The first-order valence-corrected chi connectivity index (χ1v) is 8.96. The Labute approximate surface area is 163 Å². The first-order chi connectivity index (χ1) is 14.0. The molecule has 0 bridgehead atoms. The molecule has 12 heteroatoms. The summed E-state index contributed by atoms with van der Waals surface area (Å²) in [6.45, 7) is 2.19. The minimum Gasteiger partial charge on any atom is -0.461 e. The van der Waals surface area contributed by atoms with Gasteiger partial charge in [-0.05, 0) is 19.1 Å². The maximum atomic E-state index is 12.6. The molecule has 4 N–H and O–H groups in total. The second-order valence-corrected chi connectivity index (χ2v) is 7.06. The number of aromatic nitrogens is 6. The van der Waals surface area contributed by atoms with Crippen molar-refractivity contribution in [3.63, 3.8) is 0 Å². The van der Waals surface area contributed by atoms with Crippen molar-refractivity contribution < 1.29 is 19.1 Å². The number of fused-ring (bicyclic) bond motifs is 3. The maximum Gasteiger partial charge on any atom is 0.244 e. The van der Waals surface area contributed by atoms with Gasteiger partial charge in [0.25, 0.3) is 0 Å². The van der Waals surface area contributed by atoms with Crippen molar-refractivity contribution in [3.8, 4) is 11.6 Å². The monoisotopic (exact) mass is 398 g/mol. The van der Waals surface area contributed by atoms with Crippen LogP contribution in [0.15, 0.2) is 29.0 Å². The third kappa shape index (κ3) is 2.80. The van der Waals surface area contributed by atoms with Crippen molar-refractivity contribution in [2.75, 3.05) is 25.5 Å². The fourth-order valence-electron chi connectivity index (χ4n) is 3.17. The van der Waals surface area contributed by atoms with Crippen molar-refractivity contribution in [3.05, 3.63) is 24.6 Å². The fourth-order valence-corrected chi connectivity index (χ4v) is 3.17. The van der Waals surface area contributed by atoms with Gasteiger partial charge in [-0.3, -0.25) is 4.79 Å². The van der Waals surface area contributed by atoms with Crippen molar-refractivity contribution >= 4 is 28.5 Å². The van der Waals surface area contributed by atoms with Crippen LogP contribution in [-0.2, 0) is 9.53 Å². The Bertz CT molecular complexity index is 1210. The van der Waals surface area contributed by atoms with Crippen molar-refractivity contribution in [2.45, 2.75) is 18.6 Å². The lowest BCUT2D eigenvalue weighted by atomic mass is 10.0. The Kier molecular flexibility index (Phi) is 3.79. The molecule has 0 unspecified atom stereocenters. The molecule has 29 heavy (non-hydrogen) atoms. The quantitative estimate of drug-likeness (QED) is 0.412. The van der Waals surface area contributed by atoms with E-state index in [2.05, 4.69) is 25.5 Å². The molecule has 1 aliphatic rings. The second kappa shape index (κ2) is 6.25. The van der Waals surface area contributed by atoms with Gasteiger partial charge in [0, 0.05) is 0 Å². The van der Waals surface area contributed by atoms with E-state index >= 15 is 0 Å². The van der Waals surface area contributed by atoms with Gasteiger partial charge < -0.3 is 25.3 Å². The molecular formula is C17H18N8O4. The number of anilines is 1. The van der Waals surface area contributed by atoms with E-state index in [4.69, 9.17) is 14.9 Å². The highest BCUT2D eigenvalue weighted by atomic mass is 16.5. The van der Waals surface area contributed by atoms with Gasteiger partial charge in [-0.1, -0.05) is 0 Å². The van der Waals surface area contributed by atoms with Crippen molar-refractivity contribution in [1.82, 2.24) is 34.7 Å². The fraction of sp³-hybridized carbons (Fsp3) is 0.353. The molecule has 150 valence electrons. The molecule has 1 fully saturated rings. The van der Waals surface area contributed by atoms with Gasteiger partial charge in [0.1, 0.15) is 11.6 Å². The summed E-state index contributed by atoms with van der Waals surface area (Å²) < 4.78 is 13.2. The number of rotatable bonds is 5. The number of hydrogen-bond donors (Lipinski definition) is 3. The molecule has 5 heterocycles. The van der Waals surface area contributed by atoms with Crippen LogP contribution in [-0.4, -0.2) is 65.7 Å². The first-order valence-electron chi connectivity index (χ1n) is 8.96. The average molecular weight is 398 g/mol. The lowest BCUT2D eigenvalue weighted by molar-refractivity contribution is -0.176. The summed E-state index contributed by atoms with van der Waals surface area (Å²) in [7, 11) is 0. The molecule has 0 saturated carbocycles. The molecule has 0 radical (unpaired) electrons. The van der Waals surface area contributed by atoms with Gasteiger partial charge in [-0.15, -0.1) is 5.10 Å². The predicted molar refractivity (Wildman–Crippen MR) is 99.7 cm³/mol. The Morgan fingerprint density at radius 2 is 2.24 bits per heavy atom. The molecule has 5 rings (SSSR count). The lowest BCUT2D eigenvalue weighted by Crippen LogP contribution is -2.57. The SMILES string of the molecule is C[C@@H](C(=O)NCC1(O)COC1)n1ncc2c1nc(N)n1nc(-c3ccco3)nc21. The molecule has 1 atom stereocenters. The number of carbonyl (C=O) groups is 1. The number of aliphatic hydroxyl groups is 1. The molecule has 0 aromatic carbocycles. The van der Waals surface area contributed by atoms with E-state index < -0.39 is 11.6 Å². The molecular weight excluding hydrogens is 380 g/mol. The van der Waals surface area contributed by atoms with Crippen LogP contribution in [0.1, 0.15) is 13.0 Å². The third-order valence-corrected chi connectivity index (χ3v) is 4.88. The standard InChI is InChI=1S/C17H18N8O4/c1-9(15(26)19-6-17(27)7-28-8-17)24-14-10(5-20-24)13-21-12(11-3-2-4-29-11)23-25(13)16(18)22-14/h2-5,9,27H,6-8H2,1H3,(H2,18,22)(H,19,26)/t9-/m0/s1. The zero-order chi connectivity index (χ0) is 20.2. The highest BCUT2D eigenvalue weighted by Crippen LogP contribution is 2.25. The Hall–Kier alpha value is -3.51. The summed E-state index contributed by atoms with van der Waals surface area (Å²) in [5.41, 5.74) is 5.91. The van der Waals surface area contributed by atoms with Crippen LogP contribution in [0.5, 0.6) is 0 Å². The summed E-state index contributed by atoms with van der Waals surface area (Å²) in [5.74, 6) is 0.659. The van der Waals surface area contributed by atoms with Gasteiger partial charge in [-0.2, -0.15) is 14.6 Å². The highest BCUT2D eigenvalue weighted by Gasteiger charge is 2.36. The minimum atomic E-state index is -1.01. The van der Waals surface area contributed by atoms with Crippen LogP contribution in [0.25, 0.3) is 28.3 Å². The summed E-state index contributed by atoms with van der Waals surface area (Å²) >= 11 is 0. The largest absolute Gasteiger partial charge is 0.461 e. The zero-order valence-electron chi connectivity index (χ0n) is 15.4. The smallest absolute Gasteiger partial charge is 0.244 e. The number of ether oxygens (including phenoxy) is 1. The van der Waals surface area contributed by atoms with Crippen LogP contribution in [0, 0.1) is 0 Å². The van der Waals surface area contributed by atoms with E-state index in [0.717, 1.165) is 0 Å². The number of hydrogen-bond acceptors (Lipinski definition) is 9. The minimum absolute atomic E-state index is 0.103. The molecule has 0 aliphatic carbocycles. The molecule has 12 nitrogen and oxygen atoms in total. The van der Waals surface area contributed by atoms with Gasteiger partial charge in [0.2, 0.25) is 17.7 Å². The number of furan rings is 1. The number of carbonyl (C=O) groups excluding carboxylic acids is 1. The Balaban J connectivity index is 1.49. The third-order valence-electron chi connectivity index (χ3n) is 4.88. The summed E-state index contributed by atoms with van der Waals surface area (Å²) in [4.78, 5) is 21.4. The summed E-state index contributed by atoms with van der Waals surface area (Å²) in [5, 5.41) is 22.0. The average Bonchev–Trinajstić information content (AvgIpc) is 3.42. The molecule has 4 aromatic rings. The molecule has 1 aliphatic heterocycles. The summed E-state index contributed by atoms with van der Waals surface area (Å²) in [6.07, 6.45) is 3.09. The lowest BCUT2D eigenvalue weighted by Gasteiger charge is -2.36. The van der Waals surface area contributed by atoms with E-state index in [0.29, 0.717) is 28.3 Å². The van der Waals surface area contributed by atoms with Crippen LogP contribution in [0.2, 0.25) is 0 Å². The number of nitrogens with one attached hydrogen (secondary N) is 1. The van der Waals surface area contributed by atoms with E-state index in [1.165, 1.54) is 15.5 Å². The highest BCUT2D eigenvalue weighted by molar-refractivity contribution is 5.91. The van der Waals surface area contributed by atoms with Crippen LogP contribution < -0.4 is 11.1 Å². The van der Waals surface area contributed by atoms with Crippen LogP contribution >= 0.6 is 0 Å². The van der Waals surface area contributed by atoms with Crippen molar-refractivity contribution in [2.24, 2.45) is 0 Å². The predicted octanol–water partition coefficient (Wildman–Crippen LogP) is -0.245. The maximum absolute atomic E-state index is 12.6. The van der Waals surface area contributed by atoms with Gasteiger partial charge in [0.05, 0.1) is 37.6 Å².